The van der Waals surface area contributed by atoms with E-state index in [0.717, 1.165) is 42.4 Å². The molecule has 130 valence electrons. The number of carbonyl (C=O) groups excluding carboxylic acids is 1. The Labute approximate surface area is 145 Å². The van der Waals surface area contributed by atoms with Gasteiger partial charge in [0.05, 0.1) is 4.92 Å². The minimum absolute atomic E-state index is 0.0148. The van der Waals surface area contributed by atoms with Crippen LogP contribution < -0.4 is 5.32 Å². The second kappa shape index (κ2) is 6.58. The largest absolute Gasteiger partial charge is 0.353 e. The Morgan fingerprint density at radius 2 is 2.04 bits per heavy atom. The van der Waals surface area contributed by atoms with Gasteiger partial charge in [0.15, 0.2) is 0 Å². The van der Waals surface area contributed by atoms with Gasteiger partial charge in [-0.25, -0.2) is 4.99 Å². The van der Waals surface area contributed by atoms with Crippen molar-refractivity contribution in [1.29, 1.82) is 0 Å². The summed E-state index contributed by atoms with van der Waals surface area (Å²) in [5, 5.41) is 14.0. The molecule has 0 saturated heterocycles. The average Bonchev–Trinajstić information content (AvgIpc) is 3.00. The molecule has 2 aliphatic rings. The first-order valence-electron chi connectivity index (χ1n) is 8.34. The molecule has 0 aromatic heterocycles. The van der Waals surface area contributed by atoms with E-state index >= 15 is 0 Å². The third-order valence-electron chi connectivity index (χ3n) is 4.47. The fraction of sp³-hybridized carbons (Fsp3) is 0.389. The summed E-state index contributed by atoms with van der Waals surface area (Å²) in [6, 6.07) is 6.18. The van der Waals surface area contributed by atoms with Crippen molar-refractivity contribution < 1.29 is 9.72 Å². The number of aldehydes is 1. The molecule has 7 heteroatoms. The summed E-state index contributed by atoms with van der Waals surface area (Å²) in [4.78, 5) is 31.3. The Hall–Kier alpha value is -2.83. The number of fused-ring (bicyclic) bond motifs is 1. The van der Waals surface area contributed by atoms with Gasteiger partial charge in [-0.3, -0.25) is 15.1 Å². The van der Waals surface area contributed by atoms with Gasteiger partial charge in [0.2, 0.25) is 0 Å². The van der Waals surface area contributed by atoms with Gasteiger partial charge >= 0.3 is 0 Å². The van der Waals surface area contributed by atoms with Crippen molar-refractivity contribution in [1.82, 2.24) is 5.32 Å². The predicted molar refractivity (Wildman–Crippen MR) is 96.9 cm³/mol. The molecule has 0 aliphatic carbocycles. The van der Waals surface area contributed by atoms with Crippen LogP contribution in [0.1, 0.15) is 38.7 Å². The van der Waals surface area contributed by atoms with E-state index in [1.807, 2.05) is 6.08 Å². The van der Waals surface area contributed by atoms with Gasteiger partial charge in [-0.2, -0.15) is 0 Å². The number of hydrogen-bond donors (Lipinski definition) is 1. The number of nitro groups is 1. The number of rotatable bonds is 6. The van der Waals surface area contributed by atoms with E-state index in [1.165, 1.54) is 12.1 Å². The van der Waals surface area contributed by atoms with Gasteiger partial charge in [-0.05, 0) is 49.1 Å². The zero-order chi connectivity index (χ0) is 18.0. The molecular weight excluding hydrogens is 320 g/mol. The summed E-state index contributed by atoms with van der Waals surface area (Å²) in [7, 11) is 0. The number of carbonyl (C=O) groups is 1. The molecule has 0 spiro atoms. The molecule has 7 nitrogen and oxygen atoms in total. The van der Waals surface area contributed by atoms with Crippen molar-refractivity contribution in [3.63, 3.8) is 0 Å². The van der Waals surface area contributed by atoms with Crippen LogP contribution in [0.25, 0.3) is 5.57 Å². The molecule has 2 atom stereocenters. The minimum atomic E-state index is -0.951. The number of unbranched alkanes of at least 4 members (excludes halogenated alkanes) is 1. The molecule has 1 aromatic rings. The van der Waals surface area contributed by atoms with E-state index in [4.69, 9.17) is 0 Å². The molecule has 1 N–H and O–H groups in total. The molecule has 0 radical (unpaired) electrons. The second-order valence-corrected chi connectivity index (χ2v) is 6.42. The Morgan fingerprint density at radius 1 is 1.32 bits per heavy atom. The van der Waals surface area contributed by atoms with Crippen molar-refractivity contribution in [2.45, 2.75) is 44.8 Å². The number of nitrogens with zero attached hydrogens (tertiary/aromatic N) is 3. The highest BCUT2D eigenvalue weighted by atomic mass is 16.6. The number of amidine groups is 1. The topological polar surface area (TPSA) is 97.0 Å². The van der Waals surface area contributed by atoms with Crippen molar-refractivity contribution in [3.05, 3.63) is 46.0 Å². The van der Waals surface area contributed by atoms with Crippen LogP contribution in [0.15, 0.2) is 40.3 Å². The first kappa shape index (κ1) is 17.0. The number of aliphatic imine (C=N–C) groups is 2. The maximum Gasteiger partial charge on any atom is 0.269 e. The van der Waals surface area contributed by atoms with Crippen molar-refractivity contribution in [2.24, 2.45) is 9.98 Å². The lowest BCUT2D eigenvalue weighted by Gasteiger charge is -2.32. The lowest BCUT2D eigenvalue weighted by atomic mass is 9.83. The number of nitro benzene ring substituents is 1. The van der Waals surface area contributed by atoms with Crippen LogP contribution in [0.5, 0.6) is 0 Å². The fourth-order valence-electron chi connectivity index (χ4n) is 3.02. The van der Waals surface area contributed by atoms with Crippen LogP contribution in [0.2, 0.25) is 0 Å². The van der Waals surface area contributed by atoms with E-state index in [1.54, 1.807) is 19.1 Å². The Balaban J connectivity index is 1.97. The van der Waals surface area contributed by atoms with Gasteiger partial charge in [0.25, 0.3) is 5.69 Å². The highest BCUT2D eigenvalue weighted by Crippen LogP contribution is 2.31. The molecule has 0 saturated carbocycles. The SMILES string of the molecule is CCCCC1N=C2C=C(c3ccc([N+](=O)[O-])cc3)C(C)(C=O)NC2=N1. The summed E-state index contributed by atoms with van der Waals surface area (Å²) in [6.07, 6.45) is 5.58. The van der Waals surface area contributed by atoms with Crippen molar-refractivity contribution in [3.8, 4) is 0 Å². The van der Waals surface area contributed by atoms with Crippen LogP contribution in [-0.4, -0.2) is 34.5 Å². The Bertz CT molecular complexity index is 795. The standard InChI is InChI=1S/C18H20N4O3/c1-3-4-5-16-19-15-10-14(18(2,11-23)21-17(15)20-16)12-6-8-13(9-7-12)22(24)25/h6-11,16H,3-5H2,1-2H3,(H,20,21). The van der Waals surface area contributed by atoms with Crippen molar-refractivity contribution >= 4 is 29.1 Å². The summed E-state index contributed by atoms with van der Waals surface area (Å²) >= 11 is 0. The van der Waals surface area contributed by atoms with E-state index in [0.29, 0.717) is 5.84 Å². The minimum Gasteiger partial charge on any atom is -0.353 e. The molecule has 2 aliphatic heterocycles. The summed E-state index contributed by atoms with van der Waals surface area (Å²) < 4.78 is 0. The predicted octanol–water partition coefficient (Wildman–Crippen LogP) is 2.91. The third-order valence-corrected chi connectivity index (χ3v) is 4.47. The molecule has 0 bridgehead atoms. The highest BCUT2D eigenvalue weighted by molar-refractivity contribution is 6.49. The highest BCUT2D eigenvalue weighted by Gasteiger charge is 2.38. The number of hydrogen-bond acceptors (Lipinski definition) is 6. The van der Waals surface area contributed by atoms with Crippen LogP contribution in [0, 0.1) is 10.1 Å². The van der Waals surface area contributed by atoms with Gasteiger partial charge in [0.1, 0.15) is 29.5 Å². The molecule has 0 amide bonds. The average molecular weight is 340 g/mol. The number of non-ortho nitro benzene ring substituents is 1. The van der Waals surface area contributed by atoms with Gasteiger partial charge in [-0.1, -0.05) is 13.3 Å². The van der Waals surface area contributed by atoms with Gasteiger partial charge < -0.3 is 10.1 Å². The monoisotopic (exact) mass is 340 g/mol. The van der Waals surface area contributed by atoms with Crippen LogP contribution >= 0.6 is 0 Å². The van der Waals surface area contributed by atoms with Crippen molar-refractivity contribution in [2.75, 3.05) is 0 Å². The molecule has 0 fully saturated rings. The van der Waals surface area contributed by atoms with Crippen LogP contribution in [0.4, 0.5) is 5.69 Å². The molecule has 2 heterocycles. The maximum atomic E-state index is 11.8. The summed E-state index contributed by atoms with van der Waals surface area (Å²) in [5.41, 5.74) is 1.26. The van der Waals surface area contributed by atoms with Gasteiger partial charge in [0, 0.05) is 12.1 Å². The van der Waals surface area contributed by atoms with E-state index in [2.05, 4.69) is 22.2 Å². The van der Waals surface area contributed by atoms with E-state index in [9.17, 15) is 14.9 Å². The lowest BCUT2D eigenvalue weighted by Crippen LogP contribution is -2.53. The smallest absolute Gasteiger partial charge is 0.269 e. The quantitative estimate of drug-likeness (QED) is 0.489. The number of nitrogens with one attached hydrogen (secondary N) is 1. The Kier molecular flexibility index (Phi) is 4.48. The van der Waals surface area contributed by atoms with Gasteiger partial charge in [-0.15, -0.1) is 0 Å². The van der Waals surface area contributed by atoms with E-state index in [-0.39, 0.29) is 11.9 Å². The molecule has 2 unspecified atom stereocenters. The zero-order valence-electron chi connectivity index (χ0n) is 14.2. The van der Waals surface area contributed by atoms with Crippen LogP contribution in [-0.2, 0) is 4.79 Å². The second-order valence-electron chi connectivity index (χ2n) is 6.42. The zero-order valence-corrected chi connectivity index (χ0v) is 14.2. The molecule has 1 aromatic carbocycles. The maximum absolute atomic E-state index is 11.8. The lowest BCUT2D eigenvalue weighted by molar-refractivity contribution is -0.384. The normalized spacial score (nSPS) is 24.6. The third kappa shape index (κ3) is 3.22. The molecule has 25 heavy (non-hydrogen) atoms. The first-order valence-corrected chi connectivity index (χ1v) is 8.34. The van der Waals surface area contributed by atoms with Crippen LogP contribution in [0.3, 0.4) is 0 Å². The van der Waals surface area contributed by atoms with E-state index < -0.39 is 10.5 Å². The first-order chi connectivity index (χ1) is 12.0. The fourth-order valence-corrected chi connectivity index (χ4v) is 3.02. The number of benzene rings is 1. The molecule has 3 rings (SSSR count). The molecular formula is C18H20N4O3. The summed E-state index contributed by atoms with van der Waals surface area (Å²) in [6.45, 7) is 3.89. The Morgan fingerprint density at radius 3 is 2.64 bits per heavy atom. The summed E-state index contributed by atoms with van der Waals surface area (Å²) in [5.74, 6) is 0.640.